The van der Waals surface area contributed by atoms with Crippen molar-refractivity contribution < 1.29 is 22.7 Å². The summed E-state index contributed by atoms with van der Waals surface area (Å²) < 4.78 is 43.5. The van der Waals surface area contributed by atoms with Crippen LogP contribution in [-0.2, 0) is 9.53 Å². The predicted molar refractivity (Wildman–Crippen MR) is 56.0 cm³/mol. The number of hydrogen-bond acceptors (Lipinski definition) is 3. The Morgan fingerprint density at radius 1 is 1.41 bits per heavy atom. The lowest BCUT2D eigenvalue weighted by molar-refractivity contribution is -0.141. The zero-order valence-electron chi connectivity index (χ0n) is 9.39. The van der Waals surface area contributed by atoms with Crippen molar-refractivity contribution in [2.45, 2.75) is 19.4 Å². The standard InChI is InChI=1S/C11H12F3NO2/c1-3-8(11(16)17-2)15-9-5-6(12)4-7(13)10(9)14/h4-5,8,15H,3H2,1-2H3. The van der Waals surface area contributed by atoms with E-state index in [4.69, 9.17) is 0 Å². The van der Waals surface area contributed by atoms with Crippen molar-refractivity contribution in [3.8, 4) is 0 Å². The number of benzene rings is 1. The van der Waals surface area contributed by atoms with Gasteiger partial charge in [-0.2, -0.15) is 0 Å². The third kappa shape index (κ3) is 3.12. The average molecular weight is 247 g/mol. The summed E-state index contributed by atoms with van der Waals surface area (Å²) in [5, 5.41) is 2.40. The summed E-state index contributed by atoms with van der Waals surface area (Å²) in [6.45, 7) is 1.65. The number of anilines is 1. The van der Waals surface area contributed by atoms with E-state index in [1.807, 2.05) is 0 Å². The van der Waals surface area contributed by atoms with E-state index < -0.39 is 35.2 Å². The Bertz CT molecular complexity index is 423. The second kappa shape index (κ2) is 5.56. The van der Waals surface area contributed by atoms with Gasteiger partial charge in [0.1, 0.15) is 11.9 Å². The van der Waals surface area contributed by atoms with Crippen LogP contribution in [0.3, 0.4) is 0 Å². The average Bonchev–Trinajstić information content (AvgIpc) is 2.30. The smallest absolute Gasteiger partial charge is 0.328 e. The number of methoxy groups -OCH3 is 1. The quantitative estimate of drug-likeness (QED) is 0.656. The van der Waals surface area contributed by atoms with Gasteiger partial charge in [0.15, 0.2) is 11.6 Å². The second-order valence-electron chi connectivity index (χ2n) is 3.38. The molecule has 17 heavy (non-hydrogen) atoms. The monoisotopic (exact) mass is 247 g/mol. The Morgan fingerprint density at radius 2 is 2.06 bits per heavy atom. The first-order valence-electron chi connectivity index (χ1n) is 4.98. The molecular formula is C11H12F3NO2. The Kier molecular flexibility index (Phi) is 4.37. The van der Waals surface area contributed by atoms with E-state index in [-0.39, 0.29) is 0 Å². The minimum absolute atomic E-state index is 0.296. The molecule has 0 heterocycles. The van der Waals surface area contributed by atoms with Gasteiger partial charge in [0, 0.05) is 12.1 Å². The van der Waals surface area contributed by atoms with Crippen LogP contribution in [0.1, 0.15) is 13.3 Å². The fraction of sp³-hybridized carbons (Fsp3) is 0.364. The Hall–Kier alpha value is -1.72. The molecule has 6 heteroatoms. The molecule has 0 saturated carbocycles. The molecule has 0 aliphatic heterocycles. The van der Waals surface area contributed by atoms with Crippen molar-refractivity contribution in [2.75, 3.05) is 12.4 Å². The van der Waals surface area contributed by atoms with E-state index in [2.05, 4.69) is 10.1 Å². The number of nitrogens with one attached hydrogen (secondary N) is 1. The third-order valence-electron chi connectivity index (χ3n) is 2.22. The van der Waals surface area contributed by atoms with Gasteiger partial charge in [0.2, 0.25) is 0 Å². The molecule has 0 spiro atoms. The van der Waals surface area contributed by atoms with Gasteiger partial charge in [-0.3, -0.25) is 0 Å². The summed E-state index contributed by atoms with van der Waals surface area (Å²) in [5.41, 5.74) is -0.403. The molecule has 3 nitrogen and oxygen atoms in total. The molecule has 1 aromatic rings. The molecule has 0 fully saturated rings. The summed E-state index contributed by atoms with van der Waals surface area (Å²) in [5.74, 6) is -4.09. The van der Waals surface area contributed by atoms with Gasteiger partial charge in [-0.15, -0.1) is 0 Å². The molecule has 1 rings (SSSR count). The number of carbonyl (C=O) groups is 1. The molecule has 0 saturated heterocycles. The Labute approximate surface area is 96.6 Å². The number of esters is 1. The van der Waals surface area contributed by atoms with Crippen LogP contribution in [0.25, 0.3) is 0 Å². The van der Waals surface area contributed by atoms with Crippen LogP contribution in [-0.4, -0.2) is 19.1 Å². The molecule has 0 radical (unpaired) electrons. The van der Waals surface area contributed by atoms with Crippen LogP contribution in [0, 0.1) is 17.5 Å². The van der Waals surface area contributed by atoms with Crippen molar-refractivity contribution in [2.24, 2.45) is 0 Å². The number of carbonyl (C=O) groups excluding carboxylic acids is 1. The number of ether oxygens (including phenoxy) is 1. The maximum Gasteiger partial charge on any atom is 0.328 e. The van der Waals surface area contributed by atoms with Crippen LogP contribution in [0.5, 0.6) is 0 Å². The highest BCUT2D eigenvalue weighted by molar-refractivity contribution is 5.79. The summed E-state index contributed by atoms with van der Waals surface area (Å²) in [6.07, 6.45) is 0.296. The van der Waals surface area contributed by atoms with Crippen LogP contribution in [0.15, 0.2) is 12.1 Å². The highest BCUT2D eigenvalue weighted by Crippen LogP contribution is 2.20. The lowest BCUT2D eigenvalue weighted by atomic mass is 10.2. The lowest BCUT2D eigenvalue weighted by Crippen LogP contribution is -2.30. The van der Waals surface area contributed by atoms with Crippen molar-refractivity contribution in [1.29, 1.82) is 0 Å². The van der Waals surface area contributed by atoms with Gasteiger partial charge in [-0.1, -0.05) is 6.92 Å². The first-order valence-corrected chi connectivity index (χ1v) is 4.98. The molecule has 1 N–H and O–H groups in total. The van der Waals surface area contributed by atoms with Gasteiger partial charge in [0.25, 0.3) is 0 Å². The minimum Gasteiger partial charge on any atom is -0.467 e. The SMILES string of the molecule is CCC(Nc1cc(F)cc(F)c1F)C(=O)OC. The van der Waals surface area contributed by atoms with Gasteiger partial charge in [-0.05, 0) is 6.42 Å². The van der Waals surface area contributed by atoms with E-state index in [1.165, 1.54) is 7.11 Å². The molecule has 1 aromatic carbocycles. The Morgan fingerprint density at radius 3 is 2.59 bits per heavy atom. The maximum atomic E-state index is 13.3. The molecule has 0 aliphatic carbocycles. The molecule has 0 aliphatic rings. The van der Waals surface area contributed by atoms with Crippen molar-refractivity contribution in [1.82, 2.24) is 0 Å². The van der Waals surface area contributed by atoms with Gasteiger partial charge in [-0.25, -0.2) is 18.0 Å². The highest BCUT2D eigenvalue weighted by atomic mass is 19.2. The number of halogens is 3. The van der Waals surface area contributed by atoms with E-state index in [1.54, 1.807) is 6.92 Å². The molecule has 0 amide bonds. The maximum absolute atomic E-state index is 13.3. The van der Waals surface area contributed by atoms with E-state index in [0.717, 1.165) is 6.07 Å². The minimum atomic E-state index is -1.31. The molecule has 0 aromatic heterocycles. The van der Waals surface area contributed by atoms with Crippen molar-refractivity contribution >= 4 is 11.7 Å². The van der Waals surface area contributed by atoms with E-state index in [9.17, 15) is 18.0 Å². The van der Waals surface area contributed by atoms with Gasteiger partial charge >= 0.3 is 5.97 Å². The summed E-state index contributed by atoms with van der Waals surface area (Å²) in [6, 6.07) is 0.361. The first kappa shape index (κ1) is 13.3. The number of hydrogen-bond donors (Lipinski definition) is 1. The summed E-state index contributed by atoms with van der Waals surface area (Å²) in [4.78, 5) is 11.2. The fourth-order valence-electron chi connectivity index (χ4n) is 1.32. The molecular weight excluding hydrogens is 235 g/mol. The zero-order chi connectivity index (χ0) is 13.0. The lowest BCUT2D eigenvalue weighted by Gasteiger charge is -2.16. The van der Waals surface area contributed by atoms with Crippen molar-refractivity contribution in [3.05, 3.63) is 29.6 Å². The van der Waals surface area contributed by atoms with Crippen LogP contribution < -0.4 is 5.32 Å². The summed E-state index contributed by atoms with van der Waals surface area (Å²) in [7, 11) is 1.18. The van der Waals surface area contributed by atoms with E-state index >= 15 is 0 Å². The first-order chi connectivity index (χ1) is 7.99. The predicted octanol–water partition coefficient (Wildman–Crippen LogP) is 2.47. The Balaban J connectivity index is 2.97. The van der Waals surface area contributed by atoms with Crippen LogP contribution in [0.4, 0.5) is 18.9 Å². The molecule has 94 valence electrons. The zero-order valence-corrected chi connectivity index (χ0v) is 9.39. The molecule has 1 atom stereocenters. The molecule has 1 unspecified atom stereocenters. The largest absolute Gasteiger partial charge is 0.467 e. The third-order valence-corrected chi connectivity index (χ3v) is 2.22. The second-order valence-corrected chi connectivity index (χ2v) is 3.38. The number of rotatable bonds is 4. The highest BCUT2D eigenvalue weighted by Gasteiger charge is 2.20. The normalized spacial score (nSPS) is 12.1. The summed E-state index contributed by atoms with van der Waals surface area (Å²) >= 11 is 0. The van der Waals surface area contributed by atoms with Crippen molar-refractivity contribution in [3.63, 3.8) is 0 Å². The van der Waals surface area contributed by atoms with Crippen LogP contribution >= 0.6 is 0 Å². The van der Waals surface area contributed by atoms with Gasteiger partial charge in [0.05, 0.1) is 12.8 Å². The van der Waals surface area contributed by atoms with E-state index in [0.29, 0.717) is 12.5 Å². The molecule has 0 bridgehead atoms. The van der Waals surface area contributed by atoms with Crippen LogP contribution in [0.2, 0.25) is 0 Å². The van der Waals surface area contributed by atoms with Gasteiger partial charge < -0.3 is 10.1 Å². The fourth-order valence-corrected chi connectivity index (χ4v) is 1.32. The topological polar surface area (TPSA) is 38.3 Å².